The second-order valence-electron chi connectivity index (χ2n) is 8.81. The number of benzene rings is 2. The van der Waals surface area contributed by atoms with Crippen LogP contribution in [-0.2, 0) is 11.2 Å². The molecule has 2 aliphatic rings. The average molecular weight is 540 g/mol. The quantitative estimate of drug-likeness (QED) is 0.192. The Kier molecular flexibility index (Phi) is 8.93. The van der Waals surface area contributed by atoms with Gasteiger partial charge in [-0.25, -0.2) is 10.5 Å². The number of carbonyl (C=O) groups excluding carboxylic acids is 1. The fourth-order valence-corrected chi connectivity index (χ4v) is 6.12. The van der Waals surface area contributed by atoms with Crippen molar-refractivity contribution in [2.45, 2.75) is 30.1 Å². The minimum Gasteiger partial charge on any atom is -0.493 e. The number of aldehydes is 1. The summed E-state index contributed by atoms with van der Waals surface area (Å²) in [6.07, 6.45) is 2.83. The van der Waals surface area contributed by atoms with Gasteiger partial charge in [0.25, 0.3) is 0 Å². The second kappa shape index (κ2) is 12.2. The van der Waals surface area contributed by atoms with Gasteiger partial charge in [0.15, 0.2) is 28.2 Å². The number of carbonyl (C=O) groups is 1. The standard InChI is InChI=1S/C27H37N7O3S/c1-7-31-26(20-11-13-22(36-5)23(16-20)37-6)33-14-8-9-18-15-19(10-12-21(18)33)25-27(28-2,29-3)38-24(17-35)34(30-4)32-25/h10-13,15-17,24,28-30H,7-9,14H2,1-6H3. The molecule has 4 rings (SSSR count). The number of hydrogen-bond acceptors (Lipinski definition) is 10. The molecule has 0 aromatic heterocycles. The van der Waals surface area contributed by atoms with Crippen molar-refractivity contribution in [2.75, 3.05) is 53.4 Å². The number of fused-ring (bicyclic) bond motifs is 1. The van der Waals surface area contributed by atoms with Crippen LogP contribution in [0.2, 0.25) is 0 Å². The van der Waals surface area contributed by atoms with Crippen LogP contribution in [0.3, 0.4) is 0 Å². The zero-order valence-corrected chi connectivity index (χ0v) is 23.7. The molecule has 3 N–H and O–H groups in total. The van der Waals surface area contributed by atoms with Gasteiger partial charge in [-0.1, -0.05) is 17.8 Å². The van der Waals surface area contributed by atoms with Gasteiger partial charge in [0.05, 0.1) is 14.2 Å². The molecule has 10 nitrogen and oxygen atoms in total. The summed E-state index contributed by atoms with van der Waals surface area (Å²) in [5, 5.41) is 12.6. The Labute approximate surface area is 228 Å². The minimum atomic E-state index is -0.726. The number of thioether (sulfide) groups is 1. The van der Waals surface area contributed by atoms with Crippen LogP contribution >= 0.6 is 11.8 Å². The average Bonchev–Trinajstić information content (AvgIpc) is 2.98. The molecule has 0 aliphatic carbocycles. The molecule has 0 bridgehead atoms. The van der Waals surface area contributed by atoms with Crippen LogP contribution in [0.4, 0.5) is 5.69 Å². The lowest BCUT2D eigenvalue weighted by molar-refractivity contribution is -0.110. The van der Waals surface area contributed by atoms with Gasteiger partial charge in [-0.2, -0.15) is 5.10 Å². The summed E-state index contributed by atoms with van der Waals surface area (Å²) in [5.74, 6) is 2.27. The number of amidine groups is 1. The number of hydrazine groups is 1. The Bertz CT molecular complexity index is 1220. The molecule has 2 aliphatic heterocycles. The van der Waals surface area contributed by atoms with Gasteiger partial charge in [0, 0.05) is 37.0 Å². The van der Waals surface area contributed by atoms with Crippen molar-refractivity contribution in [1.82, 2.24) is 21.2 Å². The number of rotatable bonds is 9. The third-order valence-corrected chi connectivity index (χ3v) is 8.31. The first kappa shape index (κ1) is 27.9. The van der Waals surface area contributed by atoms with Crippen LogP contribution in [0.1, 0.15) is 30.0 Å². The van der Waals surface area contributed by atoms with Crippen LogP contribution in [-0.4, -0.2) is 81.8 Å². The number of hydrazone groups is 1. The summed E-state index contributed by atoms with van der Waals surface area (Å²) in [7, 11) is 8.78. The Balaban J connectivity index is 1.77. The SMILES string of the molecule is CCN=C(c1ccc(OC)c(OC)c1)N1CCCc2cc(C3=NN(NC)C(C=O)SC3(NC)NC)ccc21. The molecule has 38 heavy (non-hydrogen) atoms. The Morgan fingerprint density at radius 3 is 2.55 bits per heavy atom. The molecule has 0 radical (unpaired) electrons. The summed E-state index contributed by atoms with van der Waals surface area (Å²) < 4.78 is 11.0. The van der Waals surface area contributed by atoms with Crippen molar-refractivity contribution in [3.8, 4) is 11.5 Å². The predicted molar refractivity (Wildman–Crippen MR) is 154 cm³/mol. The van der Waals surface area contributed by atoms with Crippen molar-refractivity contribution in [2.24, 2.45) is 10.1 Å². The van der Waals surface area contributed by atoms with Crippen molar-refractivity contribution in [3.05, 3.63) is 53.1 Å². The molecule has 2 heterocycles. The maximum Gasteiger partial charge on any atom is 0.168 e. The first-order chi connectivity index (χ1) is 18.5. The van der Waals surface area contributed by atoms with E-state index in [9.17, 15) is 4.79 Å². The van der Waals surface area contributed by atoms with Crippen LogP contribution in [0, 0.1) is 0 Å². The van der Waals surface area contributed by atoms with Gasteiger partial charge in [-0.15, -0.1) is 0 Å². The molecular weight excluding hydrogens is 502 g/mol. The Morgan fingerprint density at radius 2 is 1.92 bits per heavy atom. The Hall–Kier alpha value is -3.12. The van der Waals surface area contributed by atoms with Crippen molar-refractivity contribution < 1.29 is 14.3 Å². The third kappa shape index (κ3) is 5.11. The normalized spacial score (nSPS) is 19.1. The van der Waals surface area contributed by atoms with Gasteiger partial charge in [0.2, 0.25) is 0 Å². The summed E-state index contributed by atoms with van der Waals surface area (Å²) in [6, 6.07) is 12.4. The van der Waals surface area contributed by atoms with Gasteiger partial charge < -0.3 is 14.4 Å². The molecule has 0 saturated carbocycles. The smallest absolute Gasteiger partial charge is 0.168 e. The lowest BCUT2D eigenvalue weighted by atomic mass is 9.95. The van der Waals surface area contributed by atoms with Crippen molar-refractivity contribution in [3.63, 3.8) is 0 Å². The molecular formula is C27H37N7O3S. The number of nitrogens with one attached hydrogen (secondary N) is 3. The molecule has 2 aromatic carbocycles. The molecule has 0 spiro atoms. The molecule has 2 aromatic rings. The predicted octanol–water partition coefficient (Wildman–Crippen LogP) is 2.43. The van der Waals surface area contributed by atoms with Crippen LogP contribution in [0.25, 0.3) is 0 Å². The summed E-state index contributed by atoms with van der Waals surface area (Å²) in [5.41, 5.74) is 8.12. The molecule has 0 amide bonds. The maximum atomic E-state index is 11.8. The number of ether oxygens (including phenoxy) is 2. The lowest BCUT2D eigenvalue weighted by Gasteiger charge is -2.42. The molecule has 0 saturated heterocycles. The topological polar surface area (TPSA) is 103 Å². The number of hydrogen-bond donors (Lipinski definition) is 3. The highest BCUT2D eigenvalue weighted by atomic mass is 32.2. The summed E-state index contributed by atoms with van der Waals surface area (Å²) in [6.45, 7) is 3.57. The number of likely N-dealkylation sites (N-methyl/N-ethyl adjacent to an activating group) is 2. The highest BCUT2D eigenvalue weighted by Gasteiger charge is 2.43. The molecule has 11 heteroatoms. The summed E-state index contributed by atoms with van der Waals surface area (Å²) >= 11 is 1.46. The van der Waals surface area contributed by atoms with Gasteiger partial charge in [0.1, 0.15) is 11.5 Å². The van der Waals surface area contributed by atoms with E-state index in [0.717, 1.165) is 54.0 Å². The highest BCUT2D eigenvalue weighted by Crippen LogP contribution is 2.37. The van der Waals surface area contributed by atoms with E-state index in [1.54, 1.807) is 26.4 Å². The van der Waals surface area contributed by atoms with E-state index >= 15 is 0 Å². The highest BCUT2D eigenvalue weighted by molar-refractivity contribution is 8.02. The molecule has 204 valence electrons. The summed E-state index contributed by atoms with van der Waals surface area (Å²) in [4.78, 5) is 18.2. The van der Waals surface area contributed by atoms with Crippen LogP contribution < -0.4 is 30.4 Å². The fraction of sp³-hybridized carbons (Fsp3) is 0.444. The number of aryl methyl sites for hydroxylation is 1. The number of methoxy groups -OCH3 is 2. The van der Waals surface area contributed by atoms with Gasteiger partial charge in [-0.3, -0.25) is 20.4 Å². The second-order valence-corrected chi connectivity index (χ2v) is 10.1. The van der Waals surface area contributed by atoms with E-state index in [1.165, 1.54) is 17.3 Å². The minimum absolute atomic E-state index is 0.480. The number of aliphatic imine (C=N–C) groups is 1. The molecule has 1 unspecified atom stereocenters. The van der Waals surface area contributed by atoms with E-state index in [1.807, 2.05) is 39.2 Å². The van der Waals surface area contributed by atoms with Gasteiger partial charge >= 0.3 is 0 Å². The fourth-order valence-electron chi connectivity index (χ4n) is 4.95. The molecule has 1 atom stereocenters. The van der Waals surface area contributed by atoms with Crippen LogP contribution in [0.5, 0.6) is 11.5 Å². The van der Waals surface area contributed by atoms with E-state index in [4.69, 9.17) is 19.6 Å². The van der Waals surface area contributed by atoms with Crippen molar-refractivity contribution in [1.29, 1.82) is 0 Å². The zero-order valence-electron chi connectivity index (χ0n) is 22.9. The van der Waals surface area contributed by atoms with Crippen molar-refractivity contribution >= 4 is 35.3 Å². The van der Waals surface area contributed by atoms with Gasteiger partial charge in [-0.05, 0) is 69.8 Å². The maximum absolute atomic E-state index is 11.8. The number of nitrogens with zero attached hydrogens (tertiary/aromatic N) is 4. The van der Waals surface area contributed by atoms with E-state index in [0.29, 0.717) is 18.0 Å². The van der Waals surface area contributed by atoms with Crippen LogP contribution in [0.15, 0.2) is 46.5 Å². The van der Waals surface area contributed by atoms with E-state index < -0.39 is 10.4 Å². The third-order valence-electron chi connectivity index (χ3n) is 6.81. The zero-order chi connectivity index (χ0) is 27.3. The van der Waals surface area contributed by atoms with E-state index in [-0.39, 0.29) is 0 Å². The monoisotopic (exact) mass is 539 g/mol. The first-order valence-corrected chi connectivity index (χ1v) is 13.6. The Morgan fingerprint density at radius 1 is 1.16 bits per heavy atom. The molecule has 0 fully saturated rings. The number of anilines is 1. The van der Waals surface area contributed by atoms with E-state index in [2.05, 4.69) is 39.2 Å². The largest absolute Gasteiger partial charge is 0.493 e. The first-order valence-electron chi connectivity index (χ1n) is 12.7. The lowest BCUT2D eigenvalue weighted by Crippen LogP contribution is -2.63.